The predicted octanol–water partition coefficient (Wildman–Crippen LogP) is 2.90. The summed E-state index contributed by atoms with van der Waals surface area (Å²) >= 11 is 11.2. The van der Waals surface area contributed by atoms with Crippen LogP contribution in [0.3, 0.4) is 0 Å². The molecule has 2 amide bonds. The highest BCUT2D eigenvalue weighted by Crippen LogP contribution is 2.32. The fourth-order valence-corrected chi connectivity index (χ4v) is 6.66. The maximum Gasteiger partial charge on any atom is 0.250 e. The number of nitrogens with two attached hydrogens (primary N) is 2. The van der Waals surface area contributed by atoms with Crippen molar-refractivity contribution in [1.29, 1.82) is 0 Å². The van der Waals surface area contributed by atoms with E-state index in [9.17, 15) is 14.4 Å². The molecular formula is C12H10ClI3N2O3. The Labute approximate surface area is 167 Å². The SMILES string of the molecule is NC(=O)c1c(I)c(C(N)=O)c(I)c(C(=O)CCCCl)c1I. The van der Waals surface area contributed by atoms with Gasteiger partial charge in [-0.25, -0.2) is 0 Å². The van der Waals surface area contributed by atoms with Gasteiger partial charge in [0.15, 0.2) is 5.78 Å². The second-order valence-electron chi connectivity index (χ2n) is 4.01. The van der Waals surface area contributed by atoms with Crippen molar-refractivity contribution in [2.24, 2.45) is 11.5 Å². The molecule has 21 heavy (non-hydrogen) atoms. The molecule has 0 spiro atoms. The van der Waals surface area contributed by atoms with Gasteiger partial charge < -0.3 is 11.5 Å². The summed E-state index contributed by atoms with van der Waals surface area (Å²) in [4.78, 5) is 35.6. The third-order valence-corrected chi connectivity index (χ3v) is 6.13. The van der Waals surface area contributed by atoms with Crippen molar-refractivity contribution in [1.82, 2.24) is 0 Å². The van der Waals surface area contributed by atoms with E-state index in [1.165, 1.54) is 0 Å². The van der Waals surface area contributed by atoms with Crippen molar-refractivity contribution in [3.63, 3.8) is 0 Å². The third-order valence-electron chi connectivity index (χ3n) is 2.63. The molecule has 0 fully saturated rings. The lowest BCUT2D eigenvalue weighted by Crippen LogP contribution is -2.24. The van der Waals surface area contributed by atoms with Gasteiger partial charge in [0, 0.05) is 28.6 Å². The monoisotopic (exact) mass is 646 g/mol. The van der Waals surface area contributed by atoms with Crippen molar-refractivity contribution in [2.45, 2.75) is 12.8 Å². The molecule has 1 aromatic carbocycles. The second kappa shape index (κ2) is 8.24. The molecule has 114 valence electrons. The topological polar surface area (TPSA) is 103 Å². The van der Waals surface area contributed by atoms with E-state index in [0.717, 1.165) is 0 Å². The van der Waals surface area contributed by atoms with Crippen LogP contribution in [-0.4, -0.2) is 23.5 Å². The van der Waals surface area contributed by atoms with Crippen LogP contribution in [0, 0.1) is 10.7 Å². The molecule has 0 unspecified atom stereocenters. The van der Waals surface area contributed by atoms with Crippen LogP contribution in [0.5, 0.6) is 0 Å². The van der Waals surface area contributed by atoms with Crippen molar-refractivity contribution >= 4 is 97.0 Å². The molecule has 0 aromatic heterocycles. The van der Waals surface area contributed by atoms with Gasteiger partial charge >= 0.3 is 0 Å². The molecule has 1 rings (SSSR count). The lowest BCUT2D eigenvalue weighted by Gasteiger charge is -2.15. The Balaban J connectivity index is 3.67. The molecule has 0 aliphatic rings. The van der Waals surface area contributed by atoms with Crippen LogP contribution >= 0.6 is 79.4 Å². The van der Waals surface area contributed by atoms with E-state index in [0.29, 0.717) is 28.6 Å². The summed E-state index contributed by atoms with van der Waals surface area (Å²) < 4.78 is 1.26. The number of benzene rings is 1. The van der Waals surface area contributed by atoms with Crippen molar-refractivity contribution < 1.29 is 14.4 Å². The number of rotatable bonds is 6. The van der Waals surface area contributed by atoms with Gasteiger partial charge in [0.05, 0.1) is 11.1 Å². The van der Waals surface area contributed by atoms with E-state index in [1.54, 1.807) is 0 Å². The van der Waals surface area contributed by atoms with Gasteiger partial charge in [-0.3, -0.25) is 14.4 Å². The van der Waals surface area contributed by atoms with E-state index >= 15 is 0 Å². The fraction of sp³-hybridized carbons (Fsp3) is 0.250. The zero-order valence-electron chi connectivity index (χ0n) is 10.5. The molecule has 0 heterocycles. The number of Topliss-reactive ketones (excluding diaryl/α,β-unsaturated/α-hetero) is 1. The summed E-state index contributed by atoms with van der Waals surface area (Å²) in [5, 5.41) is 0. The average Bonchev–Trinajstić information content (AvgIpc) is 2.34. The molecule has 0 atom stereocenters. The van der Waals surface area contributed by atoms with E-state index in [4.69, 9.17) is 23.1 Å². The van der Waals surface area contributed by atoms with Crippen LogP contribution in [0.4, 0.5) is 0 Å². The van der Waals surface area contributed by atoms with Gasteiger partial charge in [-0.2, -0.15) is 0 Å². The lowest BCUT2D eigenvalue weighted by molar-refractivity contribution is 0.0980. The first-order valence-electron chi connectivity index (χ1n) is 5.63. The summed E-state index contributed by atoms with van der Waals surface area (Å²) in [6, 6.07) is 0. The van der Waals surface area contributed by atoms with Crippen LogP contribution < -0.4 is 11.5 Å². The van der Waals surface area contributed by atoms with E-state index in [1.807, 2.05) is 67.8 Å². The lowest BCUT2D eigenvalue weighted by atomic mass is 10.00. The van der Waals surface area contributed by atoms with E-state index < -0.39 is 11.8 Å². The van der Waals surface area contributed by atoms with Crippen LogP contribution in [0.15, 0.2) is 0 Å². The highest BCUT2D eigenvalue weighted by Gasteiger charge is 2.28. The van der Waals surface area contributed by atoms with Gasteiger partial charge in [-0.15, -0.1) is 11.6 Å². The molecule has 0 aliphatic heterocycles. The standard InChI is InChI=1S/C12H10ClI3N2O3/c13-3-1-2-4(19)5-8(14)6(11(17)20)10(16)7(9(5)15)12(18)21/h1-3H2,(H2,17,20)(H2,18,21). The van der Waals surface area contributed by atoms with Gasteiger partial charge in [0.25, 0.3) is 11.8 Å². The first-order valence-corrected chi connectivity index (χ1v) is 9.40. The predicted molar refractivity (Wildman–Crippen MR) is 106 cm³/mol. The minimum atomic E-state index is -0.700. The second-order valence-corrected chi connectivity index (χ2v) is 7.63. The Morgan fingerprint density at radius 1 is 0.857 bits per heavy atom. The number of alkyl halides is 1. The Kier molecular flexibility index (Phi) is 7.60. The number of ketones is 1. The molecular weight excluding hydrogens is 636 g/mol. The number of primary amides is 2. The van der Waals surface area contributed by atoms with Crippen LogP contribution in [0.2, 0.25) is 0 Å². The number of carbonyl (C=O) groups is 3. The molecule has 0 aliphatic carbocycles. The first-order chi connectivity index (χ1) is 9.73. The molecule has 4 N–H and O–H groups in total. The van der Waals surface area contributed by atoms with Crippen LogP contribution in [-0.2, 0) is 0 Å². The minimum Gasteiger partial charge on any atom is -0.366 e. The van der Waals surface area contributed by atoms with Crippen molar-refractivity contribution in [3.8, 4) is 0 Å². The molecule has 0 saturated carbocycles. The van der Waals surface area contributed by atoms with Gasteiger partial charge in [-0.05, 0) is 74.2 Å². The summed E-state index contributed by atoms with van der Waals surface area (Å²) in [6.45, 7) is 0. The maximum atomic E-state index is 12.3. The zero-order valence-corrected chi connectivity index (χ0v) is 17.7. The Bertz CT molecular complexity index is 594. The number of carbonyl (C=O) groups excluding carboxylic acids is 3. The fourth-order valence-electron chi connectivity index (χ4n) is 1.69. The number of hydrogen-bond acceptors (Lipinski definition) is 3. The van der Waals surface area contributed by atoms with E-state index in [2.05, 4.69) is 0 Å². The number of hydrogen-bond donors (Lipinski definition) is 2. The molecule has 0 saturated heterocycles. The zero-order chi connectivity index (χ0) is 16.3. The number of halogens is 4. The maximum absolute atomic E-state index is 12.3. The quantitative estimate of drug-likeness (QED) is 0.283. The van der Waals surface area contributed by atoms with Gasteiger partial charge in [-0.1, -0.05) is 0 Å². The number of amides is 2. The summed E-state index contributed by atoms with van der Waals surface area (Å²) in [5.74, 6) is -1.23. The molecule has 1 aromatic rings. The normalized spacial score (nSPS) is 10.5. The summed E-state index contributed by atoms with van der Waals surface area (Å²) in [6.07, 6.45) is 0.739. The van der Waals surface area contributed by atoms with Crippen molar-refractivity contribution in [3.05, 3.63) is 27.4 Å². The van der Waals surface area contributed by atoms with Crippen molar-refractivity contribution in [2.75, 3.05) is 5.88 Å². The minimum absolute atomic E-state index is 0.152. The molecule has 0 bridgehead atoms. The molecule has 0 radical (unpaired) electrons. The highest BCUT2D eigenvalue weighted by molar-refractivity contribution is 14.1. The Morgan fingerprint density at radius 2 is 1.24 bits per heavy atom. The highest BCUT2D eigenvalue weighted by atomic mass is 127. The summed E-state index contributed by atoms with van der Waals surface area (Å²) in [5.41, 5.74) is 11.4. The third kappa shape index (κ3) is 4.19. The average molecular weight is 646 g/mol. The van der Waals surface area contributed by atoms with Gasteiger partial charge in [0.2, 0.25) is 0 Å². The van der Waals surface area contributed by atoms with Gasteiger partial charge in [0.1, 0.15) is 0 Å². The Hall–Kier alpha value is 0.310. The molecule has 9 heteroatoms. The Morgan fingerprint density at radius 3 is 1.57 bits per heavy atom. The summed E-state index contributed by atoms with van der Waals surface area (Å²) in [7, 11) is 0. The largest absolute Gasteiger partial charge is 0.366 e. The van der Waals surface area contributed by atoms with E-state index in [-0.39, 0.29) is 23.3 Å². The van der Waals surface area contributed by atoms with Crippen LogP contribution in [0.25, 0.3) is 0 Å². The van der Waals surface area contributed by atoms with Crippen LogP contribution in [0.1, 0.15) is 43.9 Å². The smallest absolute Gasteiger partial charge is 0.250 e. The first kappa shape index (κ1) is 19.4. The molecule has 5 nitrogen and oxygen atoms in total.